The molecule has 0 aromatic heterocycles. The summed E-state index contributed by atoms with van der Waals surface area (Å²) in [7, 11) is 0. The molecular weight excluding hydrogens is 282 g/mol. The Balaban J connectivity index is 2.03. The molecule has 2 atom stereocenters. The van der Waals surface area contributed by atoms with Crippen molar-refractivity contribution in [2.45, 2.75) is 13.8 Å². The van der Waals surface area contributed by atoms with Crippen LogP contribution >= 0.6 is 11.6 Å². The van der Waals surface area contributed by atoms with E-state index in [9.17, 15) is 14.4 Å². The lowest BCUT2D eigenvalue weighted by atomic mass is 10.0. The fourth-order valence-corrected chi connectivity index (χ4v) is 3.20. The molecule has 1 aromatic rings. The van der Waals surface area contributed by atoms with Crippen LogP contribution in [0.5, 0.6) is 0 Å². The van der Waals surface area contributed by atoms with Crippen LogP contribution in [-0.2, 0) is 9.59 Å². The number of aromatic carboxylic acids is 1. The first kappa shape index (κ1) is 13.1. The Morgan fingerprint density at radius 1 is 1.25 bits per heavy atom. The minimum atomic E-state index is -1.13. The van der Waals surface area contributed by atoms with Gasteiger partial charge >= 0.3 is 5.97 Å². The number of carboxylic acids is 1. The average molecular weight is 294 g/mol. The third kappa shape index (κ3) is 1.53. The molecule has 1 saturated carbocycles. The molecule has 6 heteroatoms. The molecule has 2 aliphatic rings. The molecule has 0 bridgehead atoms. The van der Waals surface area contributed by atoms with Crippen molar-refractivity contribution >= 4 is 35.1 Å². The Kier molecular flexibility index (Phi) is 2.51. The SMILES string of the molecule is CC1(C)C2C(=O)N(c3cc(C(=O)O)ccc3Cl)C(=O)C21. The number of carboxylic acid groups (broad SMARTS) is 1. The van der Waals surface area contributed by atoms with E-state index in [1.54, 1.807) is 0 Å². The maximum Gasteiger partial charge on any atom is 0.335 e. The van der Waals surface area contributed by atoms with Crippen LogP contribution in [0.25, 0.3) is 0 Å². The van der Waals surface area contributed by atoms with Crippen molar-refractivity contribution in [1.82, 2.24) is 0 Å². The minimum Gasteiger partial charge on any atom is -0.478 e. The fraction of sp³-hybridized carbons (Fsp3) is 0.357. The summed E-state index contributed by atoms with van der Waals surface area (Å²) in [5.74, 6) is -2.37. The number of anilines is 1. The van der Waals surface area contributed by atoms with Gasteiger partial charge in [-0.1, -0.05) is 25.4 Å². The predicted molar refractivity (Wildman–Crippen MR) is 71.7 cm³/mol. The van der Waals surface area contributed by atoms with Crippen LogP contribution in [0.1, 0.15) is 24.2 Å². The van der Waals surface area contributed by atoms with Gasteiger partial charge in [0.15, 0.2) is 0 Å². The van der Waals surface area contributed by atoms with Gasteiger partial charge in [-0.05, 0) is 23.6 Å². The highest BCUT2D eigenvalue weighted by Gasteiger charge is 2.72. The molecule has 1 heterocycles. The second kappa shape index (κ2) is 3.82. The monoisotopic (exact) mass is 293 g/mol. The van der Waals surface area contributed by atoms with Crippen molar-refractivity contribution in [2.24, 2.45) is 17.3 Å². The van der Waals surface area contributed by atoms with Gasteiger partial charge in [0, 0.05) is 0 Å². The predicted octanol–water partition coefficient (Wildman–Crippen LogP) is 2.18. The molecule has 5 nitrogen and oxygen atoms in total. The largest absolute Gasteiger partial charge is 0.478 e. The summed E-state index contributed by atoms with van der Waals surface area (Å²) in [6.07, 6.45) is 0. The molecule has 104 valence electrons. The quantitative estimate of drug-likeness (QED) is 0.848. The van der Waals surface area contributed by atoms with Crippen LogP contribution in [0.2, 0.25) is 5.02 Å². The van der Waals surface area contributed by atoms with Crippen molar-refractivity contribution in [2.75, 3.05) is 4.90 Å². The van der Waals surface area contributed by atoms with Gasteiger partial charge in [-0.25, -0.2) is 9.69 Å². The molecule has 1 aromatic carbocycles. The van der Waals surface area contributed by atoms with Crippen molar-refractivity contribution in [3.8, 4) is 0 Å². The minimum absolute atomic E-state index is 0.00941. The maximum absolute atomic E-state index is 12.3. The van der Waals surface area contributed by atoms with Gasteiger partial charge < -0.3 is 5.11 Å². The van der Waals surface area contributed by atoms with E-state index in [2.05, 4.69) is 0 Å². The Hall–Kier alpha value is -1.88. The molecule has 1 N–H and O–H groups in total. The lowest BCUT2D eigenvalue weighted by Crippen LogP contribution is -2.36. The van der Waals surface area contributed by atoms with E-state index in [4.69, 9.17) is 16.7 Å². The highest BCUT2D eigenvalue weighted by Crippen LogP contribution is 2.63. The second-order valence-corrected chi connectivity index (χ2v) is 6.17. The smallest absolute Gasteiger partial charge is 0.335 e. The lowest BCUT2D eigenvalue weighted by molar-refractivity contribution is -0.125. The zero-order valence-electron chi connectivity index (χ0n) is 10.9. The van der Waals surface area contributed by atoms with Crippen molar-refractivity contribution < 1.29 is 19.5 Å². The number of hydrogen-bond acceptors (Lipinski definition) is 3. The molecule has 0 radical (unpaired) electrons. The maximum atomic E-state index is 12.3. The number of benzene rings is 1. The Morgan fingerprint density at radius 3 is 2.30 bits per heavy atom. The standard InChI is InChI=1S/C14H12ClNO4/c1-14(2)9-10(14)12(18)16(11(9)17)8-5-6(13(19)20)3-4-7(8)15/h3-5,9-10H,1-2H3,(H,19,20). The van der Waals surface area contributed by atoms with Crippen LogP contribution in [-0.4, -0.2) is 22.9 Å². The third-order valence-electron chi connectivity index (χ3n) is 4.23. The van der Waals surface area contributed by atoms with E-state index in [0.29, 0.717) is 0 Å². The first-order chi connectivity index (χ1) is 9.26. The number of nitrogens with zero attached hydrogens (tertiary/aromatic N) is 1. The number of hydrogen-bond donors (Lipinski definition) is 1. The molecule has 2 amide bonds. The molecule has 2 unspecified atom stereocenters. The zero-order valence-corrected chi connectivity index (χ0v) is 11.6. The second-order valence-electron chi connectivity index (χ2n) is 5.76. The van der Waals surface area contributed by atoms with E-state index in [1.807, 2.05) is 13.8 Å². The molecule has 2 fully saturated rings. The van der Waals surface area contributed by atoms with Crippen LogP contribution in [0.3, 0.4) is 0 Å². The van der Waals surface area contributed by atoms with Crippen LogP contribution in [0.4, 0.5) is 5.69 Å². The normalized spacial score (nSPS) is 26.6. The highest BCUT2D eigenvalue weighted by atomic mass is 35.5. The number of fused-ring (bicyclic) bond motifs is 1. The molecular formula is C14H12ClNO4. The van der Waals surface area contributed by atoms with Gasteiger partial charge in [0.25, 0.3) is 0 Å². The van der Waals surface area contributed by atoms with E-state index in [1.165, 1.54) is 18.2 Å². The van der Waals surface area contributed by atoms with Gasteiger partial charge in [-0.3, -0.25) is 9.59 Å². The Labute approximate surface area is 120 Å². The zero-order chi connectivity index (χ0) is 14.8. The fourth-order valence-electron chi connectivity index (χ4n) is 3.00. The molecule has 3 rings (SSSR count). The molecule has 20 heavy (non-hydrogen) atoms. The van der Waals surface area contributed by atoms with Crippen LogP contribution in [0, 0.1) is 17.3 Å². The molecule has 1 aliphatic heterocycles. The van der Waals surface area contributed by atoms with Crippen LogP contribution in [0.15, 0.2) is 18.2 Å². The first-order valence-corrected chi connectivity index (χ1v) is 6.55. The topological polar surface area (TPSA) is 74.7 Å². The number of halogens is 1. The highest BCUT2D eigenvalue weighted by molar-refractivity contribution is 6.36. The number of carbonyl (C=O) groups is 3. The average Bonchev–Trinajstić information content (AvgIpc) is 2.81. The van der Waals surface area contributed by atoms with Gasteiger partial charge in [-0.15, -0.1) is 0 Å². The number of piperidine rings is 1. The van der Waals surface area contributed by atoms with Gasteiger partial charge in [0.05, 0.1) is 28.1 Å². The number of imide groups is 1. The first-order valence-electron chi connectivity index (χ1n) is 6.17. The van der Waals surface area contributed by atoms with E-state index in [-0.39, 0.29) is 45.3 Å². The summed E-state index contributed by atoms with van der Waals surface area (Å²) in [5.41, 5.74) is -0.156. The van der Waals surface area contributed by atoms with Gasteiger partial charge in [0.2, 0.25) is 11.8 Å². The Morgan fingerprint density at radius 2 is 1.80 bits per heavy atom. The third-order valence-corrected chi connectivity index (χ3v) is 4.55. The number of amides is 2. The van der Waals surface area contributed by atoms with E-state index < -0.39 is 5.97 Å². The summed E-state index contributed by atoms with van der Waals surface area (Å²) in [6, 6.07) is 3.98. The number of carbonyl (C=O) groups excluding carboxylic acids is 2. The van der Waals surface area contributed by atoms with Gasteiger partial charge in [-0.2, -0.15) is 0 Å². The van der Waals surface area contributed by atoms with Crippen molar-refractivity contribution in [3.63, 3.8) is 0 Å². The lowest BCUT2D eigenvalue weighted by Gasteiger charge is -2.21. The van der Waals surface area contributed by atoms with Crippen molar-refractivity contribution in [3.05, 3.63) is 28.8 Å². The summed E-state index contributed by atoms with van der Waals surface area (Å²) < 4.78 is 0. The van der Waals surface area contributed by atoms with E-state index >= 15 is 0 Å². The molecule has 1 aliphatic carbocycles. The summed E-state index contributed by atoms with van der Waals surface area (Å²) in [4.78, 5) is 36.6. The van der Waals surface area contributed by atoms with Gasteiger partial charge in [0.1, 0.15) is 0 Å². The number of rotatable bonds is 2. The Bertz CT molecular complexity index is 643. The molecule has 0 spiro atoms. The summed E-state index contributed by atoms with van der Waals surface area (Å²) >= 11 is 6.01. The van der Waals surface area contributed by atoms with Crippen LogP contribution < -0.4 is 4.90 Å². The molecule has 1 saturated heterocycles. The summed E-state index contributed by atoms with van der Waals surface area (Å²) in [6.45, 7) is 3.76. The summed E-state index contributed by atoms with van der Waals surface area (Å²) in [5, 5.41) is 9.18. The van der Waals surface area contributed by atoms with E-state index in [0.717, 1.165) is 4.90 Å². The van der Waals surface area contributed by atoms with Crippen molar-refractivity contribution in [1.29, 1.82) is 0 Å².